The van der Waals surface area contributed by atoms with Gasteiger partial charge in [0.25, 0.3) is 10.0 Å². The monoisotopic (exact) mass is 563 g/mol. The summed E-state index contributed by atoms with van der Waals surface area (Å²) in [7, 11) is -4.08. The first-order valence-corrected chi connectivity index (χ1v) is 15.3. The van der Waals surface area contributed by atoms with E-state index in [1.54, 1.807) is 36.4 Å². The molecule has 1 N–H and O–H groups in total. The molecule has 3 rings (SSSR count). The fourth-order valence-electron chi connectivity index (χ4n) is 4.39. The predicted molar refractivity (Wildman–Crippen MR) is 161 cm³/mol. The Kier molecular flexibility index (Phi) is 10.9. The lowest BCUT2D eigenvalue weighted by Gasteiger charge is -2.33. The van der Waals surface area contributed by atoms with Gasteiger partial charge in [0.1, 0.15) is 12.6 Å². The van der Waals surface area contributed by atoms with Crippen molar-refractivity contribution in [3.63, 3.8) is 0 Å². The van der Waals surface area contributed by atoms with Crippen LogP contribution in [0.25, 0.3) is 0 Å². The Morgan fingerprint density at radius 2 is 1.32 bits per heavy atom. The SMILES string of the molecule is CCCCNC(=O)[C@H](CC)N(Cc1ccc(C)cc1)C(=O)CN(c1ccc(C)cc1)S(=O)(=O)c1ccc(C)cc1. The number of carbonyl (C=O) groups is 2. The summed E-state index contributed by atoms with van der Waals surface area (Å²) in [5.41, 5.74) is 4.23. The zero-order chi connectivity index (χ0) is 29.3. The van der Waals surface area contributed by atoms with E-state index in [-0.39, 0.29) is 17.3 Å². The van der Waals surface area contributed by atoms with E-state index >= 15 is 0 Å². The summed E-state index contributed by atoms with van der Waals surface area (Å²) in [5, 5.41) is 2.95. The van der Waals surface area contributed by atoms with E-state index in [4.69, 9.17) is 0 Å². The number of aryl methyl sites for hydroxylation is 3. The zero-order valence-electron chi connectivity index (χ0n) is 24.2. The molecule has 0 aliphatic rings. The van der Waals surface area contributed by atoms with Crippen LogP contribution in [0.3, 0.4) is 0 Å². The molecule has 1 atom stereocenters. The molecule has 40 heavy (non-hydrogen) atoms. The van der Waals surface area contributed by atoms with Crippen molar-refractivity contribution in [2.24, 2.45) is 0 Å². The van der Waals surface area contributed by atoms with Gasteiger partial charge in [0, 0.05) is 13.1 Å². The average Bonchev–Trinajstić information content (AvgIpc) is 2.93. The minimum Gasteiger partial charge on any atom is -0.354 e. The number of amides is 2. The second kappa shape index (κ2) is 14.1. The molecule has 3 aromatic carbocycles. The average molecular weight is 564 g/mol. The van der Waals surface area contributed by atoms with Crippen molar-refractivity contribution in [2.75, 3.05) is 17.4 Å². The van der Waals surface area contributed by atoms with Gasteiger partial charge < -0.3 is 10.2 Å². The van der Waals surface area contributed by atoms with Crippen molar-refractivity contribution in [2.45, 2.75) is 71.4 Å². The second-order valence-corrected chi connectivity index (χ2v) is 12.1. The highest BCUT2D eigenvalue weighted by atomic mass is 32.2. The second-order valence-electron chi connectivity index (χ2n) is 10.2. The Morgan fingerprint density at radius 3 is 1.85 bits per heavy atom. The van der Waals surface area contributed by atoms with Crippen LogP contribution in [0.5, 0.6) is 0 Å². The lowest BCUT2D eigenvalue weighted by Crippen LogP contribution is -2.52. The third kappa shape index (κ3) is 7.94. The number of unbranched alkanes of at least 4 members (excludes halogenated alkanes) is 1. The van der Waals surface area contributed by atoms with Crippen molar-refractivity contribution >= 4 is 27.5 Å². The third-order valence-corrected chi connectivity index (χ3v) is 8.69. The van der Waals surface area contributed by atoms with E-state index in [0.717, 1.165) is 39.4 Å². The van der Waals surface area contributed by atoms with Gasteiger partial charge in [-0.25, -0.2) is 8.42 Å². The Morgan fingerprint density at radius 1 is 0.800 bits per heavy atom. The molecule has 3 aromatic rings. The van der Waals surface area contributed by atoms with Crippen LogP contribution in [0.1, 0.15) is 55.4 Å². The summed E-state index contributed by atoms with van der Waals surface area (Å²) in [4.78, 5) is 28.9. The molecule has 7 nitrogen and oxygen atoms in total. The molecule has 0 spiro atoms. The molecular weight excluding hydrogens is 522 g/mol. The van der Waals surface area contributed by atoms with Gasteiger partial charge in [0.15, 0.2) is 0 Å². The van der Waals surface area contributed by atoms with Crippen molar-refractivity contribution in [3.8, 4) is 0 Å². The fraction of sp³-hybridized carbons (Fsp3) is 0.375. The molecule has 0 unspecified atom stereocenters. The van der Waals surface area contributed by atoms with Crippen molar-refractivity contribution in [1.82, 2.24) is 10.2 Å². The molecular formula is C32H41N3O4S. The van der Waals surface area contributed by atoms with Crippen LogP contribution in [-0.2, 0) is 26.2 Å². The molecule has 0 aliphatic carbocycles. The molecule has 0 heterocycles. The Hall–Kier alpha value is -3.65. The molecule has 2 amide bonds. The van der Waals surface area contributed by atoms with Gasteiger partial charge in [-0.05, 0) is 63.4 Å². The number of rotatable bonds is 13. The van der Waals surface area contributed by atoms with Gasteiger partial charge in [-0.15, -0.1) is 0 Å². The van der Waals surface area contributed by atoms with Crippen LogP contribution in [0, 0.1) is 20.8 Å². The van der Waals surface area contributed by atoms with E-state index in [0.29, 0.717) is 18.7 Å². The van der Waals surface area contributed by atoms with E-state index in [9.17, 15) is 18.0 Å². The molecule has 0 aliphatic heterocycles. The maximum absolute atomic E-state index is 14.1. The molecule has 0 fully saturated rings. The first-order valence-electron chi connectivity index (χ1n) is 13.9. The molecule has 0 bridgehead atoms. The standard InChI is InChI=1S/C32H41N3O4S/c1-6-8-21-33-32(37)30(7-2)34(22-27-15-9-24(3)10-16-27)31(36)23-35(28-17-11-25(4)12-18-28)40(38,39)29-19-13-26(5)14-20-29/h9-20,30H,6-8,21-23H2,1-5H3,(H,33,37)/t30-/m0/s1. The van der Waals surface area contributed by atoms with E-state index in [1.807, 2.05) is 71.0 Å². The van der Waals surface area contributed by atoms with Crippen LogP contribution < -0.4 is 9.62 Å². The van der Waals surface area contributed by atoms with Crippen LogP contribution >= 0.6 is 0 Å². The number of anilines is 1. The van der Waals surface area contributed by atoms with Gasteiger partial charge in [-0.3, -0.25) is 13.9 Å². The van der Waals surface area contributed by atoms with Gasteiger partial charge in [0.05, 0.1) is 10.6 Å². The summed E-state index contributed by atoms with van der Waals surface area (Å²) in [6, 6.07) is 20.6. The van der Waals surface area contributed by atoms with Crippen LogP contribution in [-0.4, -0.2) is 44.3 Å². The number of hydrogen-bond acceptors (Lipinski definition) is 4. The quantitative estimate of drug-likeness (QED) is 0.277. The fourth-order valence-corrected chi connectivity index (χ4v) is 5.81. The lowest BCUT2D eigenvalue weighted by atomic mass is 10.1. The molecule has 0 radical (unpaired) electrons. The summed E-state index contributed by atoms with van der Waals surface area (Å²) in [6.45, 7) is 9.96. The van der Waals surface area contributed by atoms with Crippen LogP contribution in [0.4, 0.5) is 5.69 Å². The van der Waals surface area contributed by atoms with Crippen molar-refractivity contribution in [1.29, 1.82) is 0 Å². The summed E-state index contributed by atoms with van der Waals surface area (Å²) in [6.07, 6.45) is 2.17. The minimum absolute atomic E-state index is 0.0981. The highest BCUT2D eigenvalue weighted by Crippen LogP contribution is 2.25. The van der Waals surface area contributed by atoms with Crippen LogP contribution in [0.2, 0.25) is 0 Å². The summed E-state index contributed by atoms with van der Waals surface area (Å²) >= 11 is 0. The van der Waals surface area contributed by atoms with E-state index in [1.165, 1.54) is 4.90 Å². The normalized spacial score (nSPS) is 12.0. The van der Waals surface area contributed by atoms with Gasteiger partial charge in [0.2, 0.25) is 11.8 Å². The number of benzene rings is 3. The third-order valence-electron chi connectivity index (χ3n) is 6.90. The van der Waals surface area contributed by atoms with E-state index < -0.39 is 28.5 Å². The number of hydrogen-bond donors (Lipinski definition) is 1. The maximum atomic E-state index is 14.1. The first kappa shape index (κ1) is 30.9. The predicted octanol–water partition coefficient (Wildman–Crippen LogP) is 5.53. The minimum atomic E-state index is -4.08. The highest BCUT2D eigenvalue weighted by molar-refractivity contribution is 7.92. The molecule has 0 saturated carbocycles. The number of sulfonamides is 1. The molecule has 0 saturated heterocycles. The van der Waals surface area contributed by atoms with Crippen molar-refractivity contribution in [3.05, 3.63) is 95.1 Å². The smallest absolute Gasteiger partial charge is 0.264 e. The number of carbonyl (C=O) groups excluding carboxylic acids is 2. The zero-order valence-corrected chi connectivity index (χ0v) is 25.0. The Bertz CT molecular complexity index is 1370. The molecule has 8 heteroatoms. The number of nitrogens with one attached hydrogen (secondary N) is 1. The van der Waals surface area contributed by atoms with E-state index in [2.05, 4.69) is 5.32 Å². The molecule has 0 aromatic heterocycles. The molecule has 214 valence electrons. The Balaban J connectivity index is 2.02. The lowest BCUT2D eigenvalue weighted by molar-refractivity contribution is -0.140. The van der Waals surface area contributed by atoms with Gasteiger partial charge in [-0.2, -0.15) is 0 Å². The largest absolute Gasteiger partial charge is 0.354 e. The van der Waals surface area contributed by atoms with Crippen molar-refractivity contribution < 1.29 is 18.0 Å². The number of nitrogens with zero attached hydrogens (tertiary/aromatic N) is 2. The summed E-state index contributed by atoms with van der Waals surface area (Å²) < 4.78 is 29.0. The van der Waals surface area contributed by atoms with Gasteiger partial charge in [-0.1, -0.05) is 85.5 Å². The van der Waals surface area contributed by atoms with Gasteiger partial charge >= 0.3 is 0 Å². The summed E-state index contributed by atoms with van der Waals surface area (Å²) in [5.74, 6) is -0.686. The highest BCUT2D eigenvalue weighted by Gasteiger charge is 2.33. The Labute approximate surface area is 239 Å². The first-order chi connectivity index (χ1) is 19.1. The maximum Gasteiger partial charge on any atom is 0.264 e. The van der Waals surface area contributed by atoms with Crippen LogP contribution in [0.15, 0.2) is 77.7 Å². The topological polar surface area (TPSA) is 86.8 Å².